The first-order chi connectivity index (χ1) is 8.29. The molecule has 0 aliphatic heterocycles. The highest BCUT2D eigenvalue weighted by atomic mass is 32.1. The van der Waals surface area contributed by atoms with E-state index >= 15 is 0 Å². The van der Waals surface area contributed by atoms with Gasteiger partial charge >= 0.3 is 0 Å². The summed E-state index contributed by atoms with van der Waals surface area (Å²) in [5.41, 5.74) is 1.73. The van der Waals surface area contributed by atoms with Gasteiger partial charge in [-0.15, -0.1) is 11.3 Å². The highest BCUT2D eigenvalue weighted by Gasteiger charge is 2.25. The van der Waals surface area contributed by atoms with E-state index in [1.54, 1.807) is 0 Å². The maximum Gasteiger partial charge on any atom is 0.112 e. The van der Waals surface area contributed by atoms with Gasteiger partial charge in [0.25, 0.3) is 0 Å². The zero-order valence-electron chi connectivity index (χ0n) is 11.9. The van der Waals surface area contributed by atoms with Crippen molar-refractivity contribution in [1.82, 2.24) is 9.97 Å². The molecule has 2 aromatic rings. The zero-order chi connectivity index (χ0) is 13.4. The van der Waals surface area contributed by atoms with Crippen molar-refractivity contribution >= 4 is 11.3 Å². The molecular weight excluding hydrogens is 240 g/mol. The molecule has 0 aliphatic carbocycles. The summed E-state index contributed by atoms with van der Waals surface area (Å²) >= 11 is 1.86. The van der Waals surface area contributed by atoms with Crippen LogP contribution in [0.4, 0.5) is 0 Å². The third kappa shape index (κ3) is 2.83. The minimum Gasteiger partial charge on any atom is -0.348 e. The van der Waals surface area contributed by atoms with Crippen LogP contribution in [0.15, 0.2) is 23.8 Å². The lowest BCUT2D eigenvalue weighted by Gasteiger charge is -2.21. The monoisotopic (exact) mass is 262 g/mol. The van der Waals surface area contributed by atoms with Crippen molar-refractivity contribution in [2.24, 2.45) is 0 Å². The third-order valence-electron chi connectivity index (χ3n) is 3.28. The maximum absolute atomic E-state index is 4.39. The molecule has 0 fully saturated rings. The van der Waals surface area contributed by atoms with Crippen molar-refractivity contribution in [3.63, 3.8) is 0 Å². The summed E-state index contributed by atoms with van der Waals surface area (Å²) in [4.78, 5) is 9.05. The van der Waals surface area contributed by atoms with Gasteiger partial charge in [-0.3, -0.25) is 0 Å². The van der Waals surface area contributed by atoms with Gasteiger partial charge in [0.1, 0.15) is 5.82 Å². The first-order valence-electron chi connectivity index (χ1n) is 6.37. The second-order valence-corrected chi connectivity index (χ2v) is 7.55. The molecule has 0 atom stereocenters. The van der Waals surface area contributed by atoms with Crippen LogP contribution < -0.4 is 0 Å². The Morgan fingerprint density at radius 2 is 1.94 bits per heavy atom. The van der Waals surface area contributed by atoms with Crippen LogP contribution in [0.25, 0.3) is 0 Å². The van der Waals surface area contributed by atoms with Crippen LogP contribution in [-0.4, -0.2) is 9.97 Å². The minimum atomic E-state index is 0.0590. The molecule has 2 aromatic heterocycles. The molecule has 2 rings (SSSR count). The number of rotatable bonds is 3. The molecule has 2 nitrogen and oxygen atoms in total. The number of hydrogen-bond acceptors (Lipinski definition) is 2. The number of hydrogen-bond donors (Lipinski definition) is 1. The molecule has 0 aromatic carbocycles. The van der Waals surface area contributed by atoms with E-state index in [-0.39, 0.29) is 10.8 Å². The molecule has 0 saturated heterocycles. The van der Waals surface area contributed by atoms with Gasteiger partial charge in [-0.05, 0) is 28.8 Å². The molecule has 0 radical (unpaired) electrons. The van der Waals surface area contributed by atoms with Crippen LogP contribution in [0.3, 0.4) is 0 Å². The summed E-state index contributed by atoms with van der Waals surface area (Å²) in [5.74, 6) is 1.06. The number of thiophene rings is 1. The maximum atomic E-state index is 4.39. The summed E-state index contributed by atoms with van der Waals surface area (Å²) in [7, 11) is 0. The first kappa shape index (κ1) is 13.3. The van der Waals surface area contributed by atoms with E-state index in [0.717, 1.165) is 12.2 Å². The Hall–Kier alpha value is -1.09. The van der Waals surface area contributed by atoms with Crippen LogP contribution in [0.1, 0.15) is 50.9 Å². The highest BCUT2D eigenvalue weighted by Crippen LogP contribution is 2.32. The van der Waals surface area contributed by atoms with Gasteiger partial charge in [-0.2, -0.15) is 0 Å². The predicted octanol–water partition coefficient (Wildman–Crippen LogP) is 4.29. The van der Waals surface area contributed by atoms with Crippen LogP contribution in [0.2, 0.25) is 0 Å². The predicted molar refractivity (Wildman–Crippen MR) is 78.3 cm³/mol. The molecule has 0 aliphatic rings. The number of H-pyrrole nitrogens is 1. The van der Waals surface area contributed by atoms with E-state index in [2.05, 4.69) is 56.0 Å². The van der Waals surface area contributed by atoms with Crippen molar-refractivity contribution in [3.8, 4) is 0 Å². The molecule has 18 heavy (non-hydrogen) atoms. The van der Waals surface area contributed by atoms with E-state index in [1.165, 1.54) is 10.4 Å². The van der Waals surface area contributed by atoms with Crippen LogP contribution in [-0.2, 0) is 17.3 Å². The smallest absolute Gasteiger partial charge is 0.112 e. The SMILES string of the molecule is CC(C)(C)c1csc(CC(C)(C)c2ncc[nH]2)c1. The van der Waals surface area contributed by atoms with Crippen LogP contribution in [0.5, 0.6) is 0 Å². The van der Waals surface area contributed by atoms with Gasteiger partial charge in [0.15, 0.2) is 0 Å². The lowest BCUT2D eigenvalue weighted by Crippen LogP contribution is -2.21. The average molecular weight is 262 g/mol. The van der Waals surface area contributed by atoms with Crippen molar-refractivity contribution in [3.05, 3.63) is 40.1 Å². The zero-order valence-corrected chi connectivity index (χ0v) is 12.7. The van der Waals surface area contributed by atoms with Crippen molar-refractivity contribution in [1.29, 1.82) is 0 Å². The van der Waals surface area contributed by atoms with E-state index in [1.807, 2.05) is 23.7 Å². The van der Waals surface area contributed by atoms with E-state index < -0.39 is 0 Å². The quantitative estimate of drug-likeness (QED) is 0.878. The summed E-state index contributed by atoms with van der Waals surface area (Å²) in [6.45, 7) is 11.3. The lowest BCUT2D eigenvalue weighted by atomic mass is 9.85. The molecule has 3 heteroatoms. The van der Waals surface area contributed by atoms with Gasteiger partial charge in [0.2, 0.25) is 0 Å². The number of aromatic amines is 1. The van der Waals surface area contributed by atoms with Gasteiger partial charge in [0, 0.05) is 22.7 Å². The van der Waals surface area contributed by atoms with Crippen molar-refractivity contribution < 1.29 is 0 Å². The number of nitrogens with zero attached hydrogens (tertiary/aromatic N) is 1. The topological polar surface area (TPSA) is 28.7 Å². The second kappa shape index (κ2) is 4.54. The van der Waals surface area contributed by atoms with Crippen LogP contribution >= 0.6 is 11.3 Å². The Kier molecular flexibility index (Phi) is 3.37. The molecule has 0 bridgehead atoms. The standard InChI is InChI=1S/C15H22N2S/c1-14(2,3)11-8-12(18-10-11)9-15(4,5)13-16-6-7-17-13/h6-8,10H,9H2,1-5H3,(H,16,17). The summed E-state index contributed by atoms with van der Waals surface area (Å²) in [5, 5.41) is 2.29. The van der Waals surface area contributed by atoms with E-state index in [9.17, 15) is 0 Å². The fourth-order valence-corrected chi connectivity index (χ4v) is 3.36. The fourth-order valence-electron chi connectivity index (χ4n) is 2.02. The first-order valence-corrected chi connectivity index (χ1v) is 7.25. The lowest BCUT2D eigenvalue weighted by molar-refractivity contribution is 0.495. The number of aromatic nitrogens is 2. The molecular formula is C15H22N2S. The second-order valence-electron chi connectivity index (χ2n) is 6.55. The summed E-state index contributed by atoms with van der Waals surface area (Å²) in [6, 6.07) is 2.34. The molecule has 98 valence electrons. The fraction of sp³-hybridized carbons (Fsp3) is 0.533. The average Bonchev–Trinajstić information content (AvgIpc) is 2.83. The molecule has 0 unspecified atom stereocenters. The Morgan fingerprint density at radius 1 is 1.22 bits per heavy atom. The highest BCUT2D eigenvalue weighted by molar-refractivity contribution is 7.10. The van der Waals surface area contributed by atoms with Gasteiger partial charge in [0.05, 0.1) is 0 Å². The summed E-state index contributed by atoms with van der Waals surface area (Å²) in [6.07, 6.45) is 4.75. The number of imidazole rings is 1. The van der Waals surface area contributed by atoms with Crippen LogP contribution in [0, 0.1) is 0 Å². The molecule has 0 spiro atoms. The molecule has 2 heterocycles. The van der Waals surface area contributed by atoms with Crippen molar-refractivity contribution in [2.75, 3.05) is 0 Å². The Balaban J connectivity index is 2.17. The Bertz CT molecular complexity index is 501. The number of nitrogens with one attached hydrogen (secondary N) is 1. The molecule has 0 saturated carbocycles. The minimum absolute atomic E-state index is 0.0590. The van der Waals surface area contributed by atoms with Gasteiger partial charge in [-0.1, -0.05) is 34.6 Å². The molecule has 0 amide bonds. The van der Waals surface area contributed by atoms with Crippen molar-refractivity contribution in [2.45, 2.75) is 51.9 Å². The Morgan fingerprint density at radius 3 is 2.44 bits per heavy atom. The summed E-state index contributed by atoms with van der Waals surface area (Å²) < 4.78 is 0. The van der Waals surface area contributed by atoms with Gasteiger partial charge < -0.3 is 4.98 Å². The normalized spacial score (nSPS) is 12.9. The Labute approximate surface area is 113 Å². The largest absolute Gasteiger partial charge is 0.348 e. The van der Waals surface area contributed by atoms with E-state index in [4.69, 9.17) is 0 Å². The molecule has 1 N–H and O–H groups in total. The van der Waals surface area contributed by atoms with Gasteiger partial charge in [-0.25, -0.2) is 4.98 Å². The van der Waals surface area contributed by atoms with E-state index in [0.29, 0.717) is 0 Å². The third-order valence-corrected chi connectivity index (χ3v) is 4.21.